The van der Waals surface area contributed by atoms with Crippen molar-refractivity contribution in [2.24, 2.45) is 0 Å². The molecule has 136 valence electrons. The lowest BCUT2D eigenvalue weighted by Crippen LogP contribution is -2.53. The molecule has 3 rings (SSSR count). The molecule has 8 heteroatoms. The van der Waals surface area contributed by atoms with Gasteiger partial charge in [0.25, 0.3) is 0 Å². The van der Waals surface area contributed by atoms with Crippen molar-refractivity contribution in [3.63, 3.8) is 0 Å². The predicted octanol–water partition coefficient (Wildman–Crippen LogP) is 1.03. The first kappa shape index (κ1) is 17.6. The number of hydrogen-bond donors (Lipinski definition) is 2. The van der Waals surface area contributed by atoms with Crippen molar-refractivity contribution < 1.29 is 9.53 Å². The number of pyridine rings is 1. The number of morpholine rings is 1. The molecule has 25 heavy (non-hydrogen) atoms. The highest BCUT2D eigenvalue weighted by Gasteiger charge is 2.25. The highest BCUT2D eigenvalue weighted by atomic mass is 16.5. The summed E-state index contributed by atoms with van der Waals surface area (Å²) in [4.78, 5) is 14.4. The minimum atomic E-state index is -0.200. The van der Waals surface area contributed by atoms with Crippen LogP contribution in [0.2, 0.25) is 0 Å². The van der Waals surface area contributed by atoms with Gasteiger partial charge in [-0.2, -0.15) is 0 Å². The van der Waals surface area contributed by atoms with Crippen LogP contribution in [0.15, 0.2) is 24.4 Å². The number of urea groups is 1. The van der Waals surface area contributed by atoms with Crippen LogP contribution in [0.5, 0.6) is 0 Å². The molecular weight excluding hydrogens is 320 g/mol. The van der Waals surface area contributed by atoms with Crippen molar-refractivity contribution >= 4 is 11.7 Å². The molecule has 8 nitrogen and oxygen atoms in total. The normalized spacial score (nSPS) is 22.7. The van der Waals surface area contributed by atoms with Gasteiger partial charge in [0.1, 0.15) is 0 Å². The molecule has 2 N–H and O–H groups in total. The van der Waals surface area contributed by atoms with E-state index in [1.807, 2.05) is 28.8 Å². The Kier molecular flexibility index (Phi) is 5.50. The average molecular weight is 346 g/mol. The number of hydrogen-bond acceptors (Lipinski definition) is 5. The minimum Gasteiger partial charge on any atom is -0.373 e. The number of amides is 2. The van der Waals surface area contributed by atoms with E-state index in [0.29, 0.717) is 18.9 Å². The summed E-state index contributed by atoms with van der Waals surface area (Å²) in [5.41, 5.74) is 0.767. The molecule has 3 heterocycles. The summed E-state index contributed by atoms with van der Waals surface area (Å²) in [5.74, 6) is 0.703. The summed E-state index contributed by atoms with van der Waals surface area (Å²) in [6.45, 7) is 8.98. The fraction of sp³-hybridized carbons (Fsp3) is 0.588. The summed E-state index contributed by atoms with van der Waals surface area (Å²) in [6.07, 6.45) is 2.33. The Bertz CT molecular complexity index is 708. The lowest BCUT2D eigenvalue weighted by Gasteiger charge is -2.38. The van der Waals surface area contributed by atoms with Gasteiger partial charge >= 0.3 is 6.03 Å². The number of nitrogens with one attached hydrogen (secondary N) is 2. The second-order valence-electron chi connectivity index (χ2n) is 6.67. The van der Waals surface area contributed by atoms with E-state index < -0.39 is 0 Å². The van der Waals surface area contributed by atoms with Crippen LogP contribution in [0.25, 0.3) is 5.65 Å². The zero-order valence-electron chi connectivity index (χ0n) is 15.0. The molecule has 0 aromatic carbocycles. The van der Waals surface area contributed by atoms with Gasteiger partial charge in [-0.25, -0.2) is 4.79 Å². The van der Waals surface area contributed by atoms with Crippen LogP contribution in [0, 0.1) is 0 Å². The Balaban J connectivity index is 1.45. The van der Waals surface area contributed by atoms with Gasteiger partial charge in [0.2, 0.25) is 0 Å². The van der Waals surface area contributed by atoms with Crippen molar-refractivity contribution in [1.29, 1.82) is 0 Å². The summed E-state index contributed by atoms with van der Waals surface area (Å²) in [6, 6.07) is 5.75. The first-order valence-electron chi connectivity index (χ1n) is 8.72. The van der Waals surface area contributed by atoms with Crippen LogP contribution in [-0.4, -0.2) is 63.4 Å². The lowest BCUT2D eigenvalue weighted by molar-refractivity contribution is -0.0778. The van der Waals surface area contributed by atoms with Gasteiger partial charge in [-0.15, -0.1) is 10.2 Å². The monoisotopic (exact) mass is 346 g/mol. The molecule has 2 amide bonds. The Hall–Kier alpha value is -2.19. The standard InChI is InChI=1S/C17H26N6O2/c1-12(22-10-13(2)25-14(3)11-22)8-18-17(24)19-9-16-21-20-15-6-4-5-7-23(15)16/h4-7,12-14H,8-11H2,1-3H3,(H2,18,19,24)/t12-,13-,14+/m1/s1. The number of nitrogens with zero attached hydrogens (tertiary/aromatic N) is 4. The van der Waals surface area contributed by atoms with Gasteiger partial charge in [-0.3, -0.25) is 9.30 Å². The molecule has 1 aliphatic rings. The van der Waals surface area contributed by atoms with Crippen molar-refractivity contribution in [1.82, 2.24) is 30.1 Å². The molecule has 1 saturated heterocycles. The van der Waals surface area contributed by atoms with E-state index in [1.165, 1.54) is 0 Å². The van der Waals surface area contributed by atoms with E-state index in [4.69, 9.17) is 4.74 Å². The number of carbonyl (C=O) groups is 1. The molecule has 0 aliphatic carbocycles. The van der Waals surface area contributed by atoms with Crippen molar-refractivity contribution in [2.75, 3.05) is 19.6 Å². The largest absolute Gasteiger partial charge is 0.373 e. The maximum atomic E-state index is 12.1. The van der Waals surface area contributed by atoms with E-state index in [-0.39, 0.29) is 24.3 Å². The highest BCUT2D eigenvalue weighted by molar-refractivity contribution is 5.73. The van der Waals surface area contributed by atoms with Gasteiger partial charge in [0.15, 0.2) is 11.5 Å². The topological polar surface area (TPSA) is 83.8 Å². The molecule has 1 aliphatic heterocycles. The summed E-state index contributed by atoms with van der Waals surface area (Å²) in [5, 5.41) is 13.9. The van der Waals surface area contributed by atoms with Crippen LogP contribution in [0.3, 0.4) is 0 Å². The molecule has 0 spiro atoms. The molecule has 0 unspecified atom stereocenters. The van der Waals surface area contributed by atoms with E-state index >= 15 is 0 Å². The van der Waals surface area contributed by atoms with Crippen molar-refractivity contribution in [2.45, 2.75) is 45.6 Å². The molecular formula is C17H26N6O2. The second kappa shape index (κ2) is 7.79. The van der Waals surface area contributed by atoms with Gasteiger partial charge in [0.05, 0.1) is 18.8 Å². The third kappa shape index (κ3) is 4.46. The van der Waals surface area contributed by atoms with Crippen molar-refractivity contribution in [3.8, 4) is 0 Å². The molecule has 2 aromatic rings. The van der Waals surface area contributed by atoms with Crippen molar-refractivity contribution in [3.05, 3.63) is 30.2 Å². The minimum absolute atomic E-state index is 0.200. The van der Waals surface area contributed by atoms with E-state index in [2.05, 4.69) is 46.5 Å². The number of carbonyl (C=O) groups excluding carboxylic acids is 1. The fourth-order valence-electron chi connectivity index (χ4n) is 3.18. The quantitative estimate of drug-likeness (QED) is 0.845. The Labute approximate surface area is 147 Å². The Morgan fingerprint density at radius 3 is 2.80 bits per heavy atom. The van der Waals surface area contributed by atoms with Crippen LogP contribution in [-0.2, 0) is 11.3 Å². The summed E-state index contributed by atoms with van der Waals surface area (Å²) >= 11 is 0. The smallest absolute Gasteiger partial charge is 0.315 e. The first-order valence-corrected chi connectivity index (χ1v) is 8.72. The van der Waals surface area contributed by atoms with E-state index in [1.54, 1.807) is 0 Å². The van der Waals surface area contributed by atoms with Crippen LogP contribution < -0.4 is 10.6 Å². The molecule has 1 fully saturated rings. The van der Waals surface area contributed by atoms with Gasteiger partial charge < -0.3 is 15.4 Å². The number of fused-ring (bicyclic) bond motifs is 1. The third-order valence-corrected chi connectivity index (χ3v) is 4.42. The SMILES string of the molecule is C[C@@H]1CN([C@H](C)CNC(=O)NCc2nnc3ccccn23)C[C@H](C)O1. The number of ether oxygens (including phenoxy) is 1. The molecule has 2 aromatic heterocycles. The molecule has 0 bridgehead atoms. The zero-order chi connectivity index (χ0) is 17.8. The van der Waals surface area contributed by atoms with Crippen LogP contribution in [0.4, 0.5) is 4.79 Å². The van der Waals surface area contributed by atoms with Crippen LogP contribution in [0.1, 0.15) is 26.6 Å². The second-order valence-corrected chi connectivity index (χ2v) is 6.67. The summed E-state index contributed by atoms with van der Waals surface area (Å²) in [7, 11) is 0. The first-order chi connectivity index (χ1) is 12.0. The van der Waals surface area contributed by atoms with Gasteiger partial charge in [0, 0.05) is 31.9 Å². The molecule has 3 atom stereocenters. The maximum absolute atomic E-state index is 12.1. The zero-order valence-corrected chi connectivity index (χ0v) is 15.0. The molecule has 0 radical (unpaired) electrons. The van der Waals surface area contributed by atoms with E-state index in [0.717, 1.165) is 18.7 Å². The Morgan fingerprint density at radius 1 is 1.28 bits per heavy atom. The average Bonchev–Trinajstić information content (AvgIpc) is 3.00. The summed E-state index contributed by atoms with van der Waals surface area (Å²) < 4.78 is 7.61. The fourth-order valence-corrected chi connectivity index (χ4v) is 3.18. The van der Waals surface area contributed by atoms with Gasteiger partial charge in [-0.05, 0) is 32.9 Å². The number of aromatic nitrogens is 3. The van der Waals surface area contributed by atoms with Gasteiger partial charge in [-0.1, -0.05) is 6.07 Å². The lowest BCUT2D eigenvalue weighted by atomic mass is 10.2. The molecule has 0 saturated carbocycles. The van der Waals surface area contributed by atoms with Crippen LogP contribution >= 0.6 is 0 Å². The maximum Gasteiger partial charge on any atom is 0.315 e. The highest BCUT2D eigenvalue weighted by Crippen LogP contribution is 2.13. The number of rotatable bonds is 5. The van der Waals surface area contributed by atoms with E-state index in [9.17, 15) is 4.79 Å². The third-order valence-electron chi connectivity index (χ3n) is 4.42. The Morgan fingerprint density at radius 2 is 2.04 bits per heavy atom. The predicted molar refractivity (Wildman–Crippen MR) is 94.3 cm³/mol.